The van der Waals surface area contributed by atoms with Crippen molar-refractivity contribution < 1.29 is 0 Å². The Kier molecular flexibility index (Phi) is 10.9. The van der Waals surface area contributed by atoms with Crippen LogP contribution in [0.15, 0.2) is 24.3 Å². The van der Waals surface area contributed by atoms with Crippen LogP contribution < -0.4 is 0 Å². The molecule has 0 aromatic heterocycles. The van der Waals surface area contributed by atoms with Gasteiger partial charge in [-0.05, 0) is 61.7 Å². The summed E-state index contributed by atoms with van der Waals surface area (Å²) in [4.78, 5) is 0. The van der Waals surface area contributed by atoms with E-state index in [1.165, 1.54) is 62.5 Å². The topological polar surface area (TPSA) is 0 Å². The van der Waals surface area contributed by atoms with E-state index in [2.05, 4.69) is 61.6 Å². The van der Waals surface area contributed by atoms with Crippen LogP contribution in [-0.4, -0.2) is 0 Å². The van der Waals surface area contributed by atoms with Gasteiger partial charge in [0.2, 0.25) is 0 Å². The Balaban J connectivity index is 4.31. The van der Waals surface area contributed by atoms with Gasteiger partial charge in [-0.3, -0.25) is 0 Å². The quantitative estimate of drug-likeness (QED) is 0.300. The van der Waals surface area contributed by atoms with Crippen molar-refractivity contribution in [2.75, 3.05) is 0 Å². The summed E-state index contributed by atoms with van der Waals surface area (Å²) < 4.78 is 0. The Morgan fingerprint density at radius 2 is 1.43 bits per heavy atom. The molecule has 0 saturated carbocycles. The monoisotopic (exact) mass is 320 g/mol. The van der Waals surface area contributed by atoms with Crippen molar-refractivity contribution in [2.45, 2.75) is 99.8 Å². The smallest absolute Gasteiger partial charge is 0.0269 e. The predicted octanol–water partition coefficient (Wildman–Crippen LogP) is 8.19. The van der Waals surface area contributed by atoms with E-state index in [1.807, 2.05) is 0 Å². The number of hydrogen-bond donors (Lipinski definition) is 0. The van der Waals surface area contributed by atoms with Crippen LogP contribution in [0.25, 0.3) is 0 Å². The lowest BCUT2D eigenvalue weighted by Gasteiger charge is -2.31. The highest BCUT2D eigenvalue weighted by molar-refractivity contribution is 5.00. The van der Waals surface area contributed by atoms with E-state index in [0.717, 1.165) is 17.8 Å². The van der Waals surface area contributed by atoms with Gasteiger partial charge in [-0.25, -0.2) is 0 Å². The van der Waals surface area contributed by atoms with E-state index in [9.17, 15) is 0 Å². The van der Waals surface area contributed by atoms with Gasteiger partial charge in [-0.2, -0.15) is 0 Å². The summed E-state index contributed by atoms with van der Waals surface area (Å²) in [5.41, 5.74) is 3.32. The van der Waals surface area contributed by atoms with Gasteiger partial charge in [-0.1, -0.05) is 85.6 Å². The summed E-state index contributed by atoms with van der Waals surface area (Å²) >= 11 is 0. The SMILES string of the molecule is C=C(CC(C)CC)CC(C)CCC(C)(CC)CC(=C)CC(C)C. The normalized spacial score (nSPS) is 16.9. The van der Waals surface area contributed by atoms with E-state index in [1.54, 1.807) is 0 Å². The van der Waals surface area contributed by atoms with Gasteiger partial charge in [0.1, 0.15) is 0 Å². The van der Waals surface area contributed by atoms with Crippen LogP contribution in [0.4, 0.5) is 0 Å². The molecule has 0 rings (SSSR count). The van der Waals surface area contributed by atoms with Gasteiger partial charge < -0.3 is 0 Å². The molecule has 0 aliphatic carbocycles. The molecule has 0 N–H and O–H groups in total. The van der Waals surface area contributed by atoms with Crippen molar-refractivity contribution in [3.8, 4) is 0 Å². The lowest BCUT2D eigenvalue weighted by Crippen LogP contribution is -2.18. The molecule has 136 valence electrons. The minimum Gasteiger partial charge on any atom is -0.0998 e. The van der Waals surface area contributed by atoms with Crippen molar-refractivity contribution in [1.82, 2.24) is 0 Å². The first-order chi connectivity index (χ1) is 10.6. The largest absolute Gasteiger partial charge is 0.0998 e. The second-order valence-corrected chi connectivity index (χ2v) is 9.00. The van der Waals surface area contributed by atoms with Crippen LogP contribution in [0.3, 0.4) is 0 Å². The van der Waals surface area contributed by atoms with Gasteiger partial charge in [0.05, 0.1) is 0 Å². The van der Waals surface area contributed by atoms with Crippen molar-refractivity contribution >= 4 is 0 Å². The predicted molar refractivity (Wildman–Crippen MR) is 108 cm³/mol. The van der Waals surface area contributed by atoms with Crippen molar-refractivity contribution in [3.05, 3.63) is 24.3 Å². The maximum atomic E-state index is 4.33. The summed E-state index contributed by atoms with van der Waals surface area (Å²) in [6.45, 7) is 25.0. The minimum absolute atomic E-state index is 0.429. The molecular weight excluding hydrogens is 276 g/mol. The summed E-state index contributed by atoms with van der Waals surface area (Å²) in [7, 11) is 0. The molecule has 0 aromatic rings. The first-order valence-electron chi connectivity index (χ1n) is 9.95. The molecule has 23 heavy (non-hydrogen) atoms. The van der Waals surface area contributed by atoms with Crippen LogP contribution in [0.2, 0.25) is 0 Å². The maximum absolute atomic E-state index is 4.33. The summed E-state index contributed by atoms with van der Waals surface area (Å²) in [5.74, 6) is 2.28. The molecule has 0 nitrogen and oxygen atoms in total. The zero-order valence-corrected chi connectivity index (χ0v) is 17.3. The average Bonchev–Trinajstić information content (AvgIpc) is 2.43. The van der Waals surface area contributed by atoms with Crippen molar-refractivity contribution in [1.29, 1.82) is 0 Å². The minimum atomic E-state index is 0.429. The van der Waals surface area contributed by atoms with Gasteiger partial charge in [-0.15, -0.1) is 0 Å². The molecule has 0 aliphatic heterocycles. The number of hydrogen-bond acceptors (Lipinski definition) is 0. The summed E-state index contributed by atoms with van der Waals surface area (Å²) in [6, 6.07) is 0. The second-order valence-electron chi connectivity index (χ2n) is 9.00. The maximum Gasteiger partial charge on any atom is -0.0269 e. The lowest BCUT2D eigenvalue weighted by atomic mass is 9.74. The molecule has 0 bridgehead atoms. The van der Waals surface area contributed by atoms with E-state index >= 15 is 0 Å². The van der Waals surface area contributed by atoms with Crippen LogP contribution in [0.1, 0.15) is 99.8 Å². The number of rotatable bonds is 13. The fourth-order valence-corrected chi connectivity index (χ4v) is 3.55. The molecule has 0 aromatic carbocycles. The van der Waals surface area contributed by atoms with Crippen LogP contribution in [0, 0.1) is 23.2 Å². The van der Waals surface area contributed by atoms with E-state index in [4.69, 9.17) is 0 Å². The zero-order valence-electron chi connectivity index (χ0n) is 17.3. The third-order valence-electron chi connectivity index (χ3n) is 5.44. The molecule has 0 spiro atoms. The van der Waals surface area contributed by atoms with E-state index < -0.39 is 0 Å². The highest BCUT2D eigenvalue weighted by atomic mass is 14.3. The third kappa shape index (κ3) is 10.8. The molecular formula is C23H44. The van der Waals surface area contributed by atoms with Gasteiger partial charge >= 0.3 is 0 Å². The summed E-state index contributed by atoms with van der Waals surface area (Å²) in [6.07, 6.45) is 9.94. The van der Waals surface area contributed by atoms with Crippen LogP contribution in [0.5, 0.6) is 0 Å². The molecule has 0 amide bonds. The fourth-order valence-electron chi connectivity index (χ4n) is 3.55. The first kappa shape index (κ1) is 22.5. The van der Waals surface area contributed by atoms with Crippen LogP contribution >= 0.6 is 0 Å². The Hall–Kier alpha value is -0.520. The van der Waals surface area contributed by atoms with Gasteiger partial charge in [0, 0.05) is 0 Å². The van der Waals surface area contributed by atoms with E-state index in [0.29, 0.717) is 5.41 Å². The Morgan fingerprint density at radius 3 is 1.91 bits per heavy atom. The van der Waals surface area contributed by atoms with Gasteiger partial charge in [0.15, 0.2) is 0 Å². The first-order valence-corrected chi connectivity index (χ1v) is 9.95. The molecule has 0 saturated heterocycles. The molecule has 0 fully saturated rings. The third-order valence-corrected chi connectivity index (χ3v) is 5.44. The zero-order chi connectivity index (χ0) is 18.0. The molecule has 0 heterocycles. The molecule has 0 radical (unpaired) electrons. The summed E-state index contributed by atoms with van der Waals surface area (Å²) in [5, 5.41) is 0. The second kappa shape index (κ2) is 11.1. The average molecular weight is 321 g/mol. The Labute approximate surface area is 147 Å². The Bertz CT molecular complexity index is 349. The van der Waals surface area contributed by atoms with Crippen molar-refractivity contribution in [3.63, 3.8) is 0 Å². The Morgan fingerprint density at radius 1 is 0.870 bits per heavy atom. The molecule has 3 unspecified atom stereocenters. The molecule has 3 atom stereocenters. The number of allylic oxidation sites excluding steroid dienone is 2. The van der Waals surface area contributed by atoms with Gasteiger partial charge in [0.25, 0.3) is 0 Å². The highest BCUT2D eigenvalue weighted by Crippen LogP contribution is 2.37. The lowest BCUT2D eigenvalue weighted by molar-refractivity contribution is 0.250. The van der Waals surface area contributed by atoms with Crippen molar-refractivity contribution in [2.24, 2.45) is 23.2 Å². The standard InChI is InChI=1S/C23H44/c1-10-19(5)15-21(7)16-20(6)12-13-23(9,11-2)17-22(8)14-18(3)4/h18-20H,7-8,10-17H2,1-6,9H3. The van der Waals surface area contributed by atoms with Crippen LogP contribution in [-0.2, 0) is 0 Å². The molecule has 0 heteroatoms. The fraction of sp³-hybridized carbons (Fsp3) is 0.826. The molecule has 0 aliphatic rings. The highest BCUT2D eigenvalue weighted by Gasteiger charge is 2.24. The van der Waals surface area contributed by atoms with E-state index in [-0.39, 0.29) is 0 Å².